The molecule has 1 saturated heterocycles. The molecule has 1 heterocycles. The van der Waals surface area contributed by atoms with Crippen molar-refractivity contribution in [1.82, 2.24) is 4.90 Å². The molecule has 0 bridgehead atoms. The van der Waals surface area contributed by atoms with Gasteiger partial charge in [0, 0.05) is 19.1 Å². The molecule has 2 heteroatoms. The summed E-state index contributed by atoms with van der Waals surface area (Å²) in [7, 11) is 0. The Morgan fingerprint density at radius 2 is 1.84 bits per heavy atom. The first-order valence-electron chi connectivity index (χ1n) is 7.62. The minimum absolute atomic E-state index is 0.683. The monoisotopic (exact) mass is 260 g/mol. The van der Waals surface area contributed by atoms with Crippen molar-refractivity contribution < 1.29 is 0 Å². The highest BCUT2D eigenvalue weighted by molar-refractivity contribution is 5.27. The average molecular weight is 260 g/mol. The van der Waals surface area contributed by atoms with Crippen molar-refractivity contribution in [3.63, 3.8) is 0 Å². The molecule has 0 amide bonds. The van der Waals surface area contributed by atoms with Crippen molar-refractivity contribution in [3.05, 3.63) is 35.4 Å². The quantitative estimate of drug-likeness (QED) is 0.901. The summed E-state index contributed by atoms with van der Waals surface area (Å²) in [5.74, 6) is 1.61. The minimum atomic E-state index is 0.683. The molecule has 19 heavy (non-hydrogen) atoms. The van der Waals surface area contributed by atoms with Crippen molar-refractivity contribution in [1.29, 1.82) is 0 Å². The van der Waals surface area contributed by atoms with Crippen LogP contribution in [-0.2, 0) is 13.0 Å². The molecule has 1 aromatic rings. The Hall–Kier alpha value is -0.860. The molecule has 1 aromatic carbocycles. The molecule has 2 rings (SSSR count). The molecule has 3 atom stereocenters. The predicted molar refractivity (Wildman–Crippen MR) is 82.0 cm³/mol. The fourth-order valence-electron chi connectivity index (χ4n) is 3.37. The van der Waals surface area contributed by atoms with Gasteiger partial charge in [-0.15, -0.1) is 0 Å². The summed E-state index contributed by atoms with van der Waals surface area (Å²) in [6.45, 7) is 10.2. The third kappa shape index (κ3) is 3.58. The molecule has 2 N–H and O–H groups in total. The molecule has 0 aromatic heterocycles. The topological polar surface area (TPSA) is 29.3 Å². The highest BCUT2D eigenvalue weighted by atomic mass is 15.2. The summed E-state index contributed by atoms with van der Waals surface area (Å²) in [6, 6.07) is 9.45. The van der Waals surface area contributed by atoms with E-state index in [1.165, 1.54) is 24.1 Å². The highest BCUT2D eigenvalue weighted by Gasteiger charge is 2.28. The third-order valence-corrected chi connectivity index (χ3v) is 4.63. The van der Waals surface area contributed by atoms with Gasteiger partial charge in [0.2, 0.25) is 0 Å². The largest absolute Gasteiger partial charge is 0.330 e. The van der Waals surface area contributed by atoms with E-state index < -0.39 is 0 Å². The van der Waals surface area contributed by atoms with Crippen LogP contribution in [0.3, 0.4) is 0 Å². The lowest BCUT2D eigenvalue weighted by atomic mass is 9.85. The minimum Gasteiger partial charge on any atom is -0.330 e. The van der Waals surface area contributed by atoms with Crippen LogP contribution in [-0.4, -0.2) is 24.0 Å². The summed E-state index contributed by atoms with van der Waals surface area (Å²) in [5.41, 5.74) is 8.60. The van der Waals surface area contributed by atoms with Crippen LogP contribution in [0.5, 0.6) is 0 Å². The Morgan fingerprint density at radius 3 is 2.53 bits per heavy atom. The zero-order valence-electron chi connectivity index (χ0n) is 12.6. The SMILES string of the molecule is CC1CC(C)C(C)N(Cc2ccccc2CCN)C1. The molecule has 1 aliphatic rings. The van der Waals surface area contributed by atoms with Gasteiger partial charge in [-0.1, -0.05) is 38.1 Å². The van der Waals surface area contributed by atoms with E-state index in [9.17, 15) is 0 Å². The van der Waals surface area contributed by atoms with Crippen LogP contribution in [0, 0.1) is 11.8 Å². The molecule has 0 saturated carbocycles. The second-order valence-electron chi connectivity index (χ2n) is 6.30. The molecule has 0 aliphatic carbocycles. The standard InChI is InChI=1S/C17H28N2/c1-13-10-14(2)15(3)19(11-13)12-17-7-5-4-6-16(17)8-9-18/h4-7,13-15H,8-12,18H2,1-3H3. The van der Waals surface area contributed by atoms with Crippen LogP contribution in [0.1, 0.15) is 38.3 Å². The van der Waals surface area contributed by atoms with Crippen molar-refractivity contribution in [2.24, 2.45) is 17.6 Å². The zero-order chi connectivity index (χ0) is 13.8. The van der Waals surface area contributed by atoms with Gasteiger partial charge < -0.3 is 5.73 Å². The van der Waals surface area contributed by atoms with Crippen LogP contribution in [0.4, 0.5) is 0 Å². The normalized spacial score (nSPS) is 28.5. The molecule has 1 aliphatic heterocycles. The van der Waals surface area contributed by atoms with Gasteiger partial charge in [0.25, 0.3) is 0 Å². The van der Waals surface area contributed by atoms with Gasteiger partial charge in [-0.2, -0.15) is 0 Å². The second-order valence-corrected chi connectivity index (χ2v) is 6.30. The highest BCUT2D eigenvalue weighted by Crippen LogP contribution is 2.28. The Kier molecular flexibility index (Phi) is 5.00. The smallest absolute Gasteiger partial charge is 0.0239 e. The molecular formula is C17H28N2. The van der Waals surface area contributed by atoms with Gasteiger partial charge in [-0.25, -0.2) is 0 Å². The van der Waals surface area contributed by atoms with Gasteiger partial charge in [0.15, 0.2) is 0 Å². The van der Waals surface area contributed by atoms with E-state index in [2.05, 4.69) is 49.9 Å². The summed E-state index contributed by atoms with van der Waals surface area (Å²) in [5, 5.41) is 0. The van der Waals surface area contributed by atoms with Gasteiger partial charge in [0.1, 0.15) is 0 Å². The number of benzene rings is 1. The maximum absolute atomic E-state index is 5.72. The first-order valence-corrected chi connectivity index (χ1v) is 7.62. The zero-order valence-corrected chi connectivity index (χ0v) is 12.6. The molecule has 106 valence electrons. The van der Waals surface area contributed by atoms with Gasteiger partial charge in [-0.05, 0) is 49.3 Å². The molecule has 3 unspecified atom stereocenters. The predicted octanol–water partition coefficient (Wildman–Crippen LogP) is 3.05. The number of piperidine rings is 1. The number of nitrogens with zero attached hydrogens (tertiary/aromatic N) is 1. The van der Waals surface area contributed by atoms with E-state index >= 15 is 0 Å². The van der Waals surface area contributed by atoms with E-state index in [0.29, 0.717) is 6.04 Å². The van der Waals surface area contributed by atoms with Crippen LogP contribution in [0.15, 0.2) is 24.3 Å². The maximum Gasteiger partial charge on any atom is 0.0239 e. The van der Waals surface area contributed by atoms with E-state index in [0.717, 1.165) is 31.3 Å². The third-order valence-electron chi connectivity index (χ3n) is 4.63. The van der Waals surface area contributed by atoms with Crippen LogP contribution < -0.4 is 5.73 Å². The van der Waals surface area contributed by atoms with Crippen molar-refractivity contribution in [3.8, 4) is 0 Å². The van der Waals surface area contributed by atoms with Gasteiger partial charge in [0.05, 0.1) is 0 Å². The first kappa shape index (κ1) is 14.5. The molecule has 1 fully saturated rings. The summed E-state index contributed by atoms with van der Waals surface area (Å²) < 4.78 is 0. The van der Waals surface area contributed by atoms with Crippen molar-refractivity contribution >= 4 is 0 Å². The van der Waals surface area contributed by atoms with Crippen LogP contribution in [0.2, 0.25) is 0 Å². The van der Waals surface area contributed by atoms with E-state index in [-0.39, 0.29) is 0 Å². The average Bonchev–Trinajstić information content (AvgIpc) is 2.38. The van der Waals surface area contributed by atoms with Gasteiger partial charge in [-0.3, -0.25) is 4.90 Å². The summed E-state index contributed by atoms with van der Waals surface area (Å²) in [4.78, 5) is 2.65. The second kappa shape index (κ2) is 6.53. The Balaban J connectivity index is 2.11. The Morgan fingerprint density at radius 1 is 1.16 bits per heavy atom. The van der Waals surface area contributed by atoms with Crippen molar-refractivity contribution in [2.75, 3.05) is 13.1 Å². The number of hydrogen-bond acceptors (Lipinski definition) is 2. The lowest BCUT2D eigenvalue weighted by Crippen LogP contribution is -2.45. The Bertz CT molecular complexity index is 402. The first-order chi connectivity index (χ1) is 9.11. The van der Waals surface area contributed by atoms with Crippen LogP contribution >= 0.6 is 0 Å². The summed E-state index contributed by atoms with van der Waals surface area (Å²) in [6.07, 6.45) is 2.35. The van der Waals surface area contributed by atoms with E-state index in [1.807, 2.05) is 0 Å². The van der Waals surface area contributed by atoms with E-state index in [4.69, 9.17) is 5.73 Å². The molecular weight excluding hydrogens is 232 g/mol. The number of hydrogen-bond donors (Lipinski definition) is 1. The fraction of sp³-hybridized carbons (Fsp3) is 0.647. The molecule has 0 spiro atoms. The fourth-order valence-corrected chi connectivity index (χ4v) is 3.37. The van der Waals surface area contributed by atoms with Crippen molar-refractivity contribution in [2.45, 2.75) is 46.2 Å². The Labute approximate surface area is 118 Å². The van der Waals surface area contributed by atoms with Crippen LogP contribution in [0.25, 0.3) is 0 Å². The summed E-state index contributed by atoms with van der Waals surface area (Å²) >= 11 is 0. The lowest BCUT2D eigenvalue weighted by molar-refractivity contribution is 0.0727. The number of rotatable bonds is 4. The lowest BCUT2D eigenvalue weighted by Gasteiger charge is -2.41. The number of nitrogens with two attached hydrogens (primary N) is 1. The van der Waals surface area contributed by atoms with Gasteiger partial charge >= 0.3 is 0 Å². The molecule has 2 nitrogen and oxygen atoms in total. The van der Waals surface area contributed by atoms with E-state index in [1.54, 1.807) is 0 Å². The maximum atomic E-state index is 5.72. The number of likely N-dealkylation sites (tertiary alicyclic amines) is 1. The molecule has 0 radical (unpaired) electrons.